The fourth-order valence-corrected chi connectivity index (χ4v) is 2.99. The van der Waals surface area contributed by atoms with Crippen molar-refractivity contribution in [2.24, 2.45) is 11.3 Å². The Balaban J connectivity index is 1.81. The number of ether oxygens (including phenoxy) is 1. The Morgan fingerprint density at radius 2 is 2.11 bits per heavy atom. The molecule has 0 saturated carbocycles. The number of esters is 1. The Morgan fingerprint density at radius 3 is 2.83 bits per heavy atom. The molecule has 0 bridgehead atoms. The van der Waals surface area contributed by atoms with Crippen molar-refractivity contribution in [1.82, 2.24) is 0 Å². The molecule has 1 aromatic rings. The quantitative estimate of drug-likeness (QED) is 0.756. The van der Waals surface area contributed by atoms with Crippen LogP contribution in [-0.4, -0.2) is 12.6 Å². The zero-order valence-corrected chi connectivity index (χ0v) is 10.7. The number of carbonyl (C=O) groups excluding carboxylic acids is 1. The maximum Gasteiger partial charge on any atom is 0.320 e. The molecule has 2 atom stereocenters. The van der Waals surface area contributed by atoms with Crippen LogP contribution in [0, 0.1) is 11.3 Å². The van der Waals surface area contributed by atoms with Crippen molar-refractivity contribution in [3.8, 4) is 0 Å². The highest BCUT2D eigenvalue weighted by Crippen LogP contribution is 2.60. The summed E-state index contributed by atoms with van der Waals surface area (Å²) in [6, 6.07) is 10.2. The first-order chi connectivity index (χ1) is 8.79. The summed E-state index contributed by atoms with van der Waals surface area (Å²) in [5.41, 5.74) is 1.96. The molecule has 2 aliphatic rings. The second-order valence-electron chi connectivity index (χ2n) is 5.23. The van der Waals surface area contributed by atoms with E-state index < -0.39 is 0 Å². The van der Waals surface area contributed by atoms with Gasteiger partial charge in [0.05, 0.1) is 6.61 Å². The summed E-state index contributed by atoms with van der Waals surface area (Å²) < 4.78 is 5.30. The van der Waals surface area contributed by atoms with E-state index in [1.165, 1.54) is 18.4 Å². The van der Waals surface area contributed by atoms with E-state index in [4.69, 9.17) is 4.74 Å². The van der Waals surface area contributed by atoms with Gasteiger partial charge in [0.1, 0.15) is 5.41 Å². The van der Waals surface area contributed by atoms with E-state index in [9.17, 15) is 4.79 Å². The van der Waals surface area contributed by atoms with Gasteiger partial charge < -0.3 is 4.74 Å². The molecule has 18 heavy (non-hydrogen) atoms. The van der Waals surface area contributed by atoms with Crippen molar-refractivity contribution in [3.05, 3.63) is 42.0 Å². The lowest BCUT2D eigenvalue weighted by Crippen LogP contribution is -2.21. The van der Waals surface area contributed by atoms with Crippen molar-refractivity contribution >= 4 is 11.5 Å². The van der Waals surface area contributed by atoms with Gasteiger partial charge >= 0.3 is 5.97 Å². The van der Waals surface area contributed by atoms with Crippen LogP contribution in [0.15, 0.2) is 36.4 Å². The zero-order valence-electron chi connectivity index (χ0n) is 10.7. The van der Waals surface area contributed by atoms with Crippen molar-refractivity contribution in [2.45, 2.75) is 26.2 Å². The summed E-state index contributed by atoms with van der Waals surface area (Å²) in [6.45, 7) is 2.77. The summed E-state index contributed by atoms with van der Waals surface area (Å²) in [7, 11) is 0. The fourth-order valence-electron chi connectivity index (χ4n) is 2.99. The number of rotatable bonds is 4. The summed E-state index contributed by atoms with van der Waals surface area (Å²) in [6.07, 6.45) is 5.52. The van der Waals surface area contributed by atoms with Crippen LogP contribution in [0.1, 0.15) is 31.7 Å². The molecule has 1 heterocycles. The Bertz CT molecular complexity index is 489. The van der Waals surface area contributed by atoms with Gasteiger partial charge in [-0.25, -0.2) is 0 Å². The highest BCUT2D eigenvalue weighted by molar-refractivity contribution is 6.07. The summed E-state index contributed by atoms with van der Waals surface area (Å²) in [5.74, 6) is 0.308. The van der Waals surface area contributed by atoms with Crippen LogP contribution in [0.25, 0.3) is 5.57 Å². The number of unbranched alkanes of at least 4 members (excludes halogenated alkanes) is 1. The van der Waals surface area contributed by atoms with Crippen molar-refractivity contribution in [1.29, 1.82) is 0 Å². The van der Waals surface area contributed by atoms with Crippen molar-refractivity contribution in [3.63, 3.8) is 0 Å². The minimum Gasteiger partial charge on any atom is -0.464 e. The van der Waals surface area contributed by atoms with Gasteiger partial charge in [0.25, 0.3) is 0 Å². The highest BCUT2D eigenvalue weighted by atomic mass is 16.5. The number of cyclic esters (lactones) is 1. The average molecular weight is 242 g/mol. The van der Waals surface area contributed by atoms with E-state index in [2.05, 4.69) is 25.1 Å². The van der Waals surface area contributed by atoms with Crippen molar-refractivity contribution < 1.29 is 9.53 Å². The van der Waals surface area contributed by atoms with Crippen LogP contribution in [0.2, 0.25) is 0 Å². The molecule has 1 aliphatic carbocycles. The van der Waals surface area contributed by atoms with Crippen LogP contribution in [0.3, 0.4) is 0 Å². The van der Waals surface area contributed by atoms with Gasteiger partial charge in [-0.15, -0.1) is 0 Å². The van der Waals surface area contributed by atoms with E-state index in [1.54, 1.807) is 0 Å². The number of hydrogen-bond acceptors (Lipinski definition) is 2. The molecule has 0 radical (unpaired) electrons. The summed E-state index contributed by atoms with van der Waals surface area (Å²) >= 11 is 0. The van der Waals surface area contributed by atoms with Gasteiger partial charge in [-0.1, -0.05) is 56.2 Å². The Labute approximate surface area is 108 Å². The minimum absolute atomic E-state index is 0.0394. The third kappa shape index (κ3) is 1.59. The lowest BCUT2D eigenvalue weighted by molar-refractivity contribution is -0.141. The first kappa shape index (κ1) is 11.5. The molecule has 1 aromatic carbocycles. The van der Waals surface area contributed by atoms with Crippen LogP contribution < -0.4 is 0 Å². The van der Waals surface area contributed by atoms with Crippen LogP contribution in [0.5, 0.6) is 0 Å². The molecule has 1 aliphatic heterocycles. The molecule has 0 aromatic heterocycles. The molecular weight excluding hydrogens is 224 g/mol. The molecule has 1 spiro atoms. The van der Waals surface area contributed by atoms with Gasteiger partial charge in [-0.05, 0) is 17.6 Å². The summed E-state index contributed by atoms with van der Waals surface area (Å²) in [5, 5.41) is 0. The van der Waals surface area contributed by atoms with E-state index in [0.29, 0.717) is 12.5 Å². The minimum atomic E-state index is -0.378. The predicted octanol–water partition coefficient (Wildman–Crippen LogP) is 3.43. The zero-order chi connectivity index (χ0) is 12.6. The van der Waals surface area contributed by atoms with E-state index in [-0.39, 0.29) is 11.4 Å². The SMILES string of the molecule is CCCC[C@H]1COC(=O)[C@]12C=C2c1ccccc1. The summed E-state index contributed by atoms with van der Waals surface area (Å²) in [4.78, 5) is 12.0. The third-order valence-electron chi connectivity index (χ3n) is 4.12. The van der Waals surface area contributed by atoms with Crippen LogP contribution in [0.4, 0.5) is 0 Å². The molecule has 2 heteroatoms. The Morgan fingerprint density at radius 1 is 1.33 bits per heavy atom. The van der Waals surface area contributed by atoms with Gasteiger partial charge in [0.2, 0.25) is 0 Å². The van der Waals surface area contributed by atoms with E-state index in [0.717, 1.165) is 12.0 Å². The molecule has 0 N–H and O–H groups in total. The molecular formula is C16H18O2. The molecule has 1 fully saturated rings. The standard InChI is InChI=1S/C16H18O2/c1-2-3-9-13-11-18-15(17)16(13)10-14(16)12-7-5-4-6-8-12/h4-8,10,13H,2-3,9,11H2,1H3/t13-,16+/m0/s1. The van der Waals surface area contributed by atoms with Gasteiger partial charge in [-0.3, -0.25) is 4.79 Å². The second-order valence-corrected chi connectivity index (χ2v) is 5.23. The van der Waals surface area contributed by atoms with Gasteiger partial charge in [-0.2, -0.15) is 0 Å². The number of benzene rings is 1. The van der Waals surface area contributed by atoms with E-state index >= 15 is 0 Å². The Hall–Kier alpha value is -1.57. The normalized spacial score (nSPS) is 29.3. The molecule has 2 nitrogen and oxygen atoms in total. The molecule has 1 saturated heterocycles. The topological polar surface area (TPSA) is 26.3 Å². The Kier molecular flexibility index (Phi) is 2.73. The number of carbonyl (C=O) groups is 1. The first-order valence-electron chi connectivity index (χ1n) is 6.75. The fraction of sp³-hybridized carbons (Fsp3) is 0.438. The van der Waals surface area contributed by atoms with Crippen LogP contribution >= 0.6 is 0 Å². The van der Waals surface area contributed by atoms with Gasteiger partial charge in [0, 0.05) is 5.92 Å². The van der Waals surface area contributed by atoms with Crippen molar-refractivity contribution in [2.75, 3.05) is 6.61 Å². The smallest absolute Gasteiger partial charge is 0.320 e. The molecule has 3 rings (SSSR count). The average Bonchev–Trinajstić information content (AvgIpc) is 3.08. The highest BCUT2D eigenvalue weighted by Gasteiger charge is 2.61. The largest absolute Gasteiger partial charge is 0.464 e. The molecule has 0 unspecified atom stereocenters. The van der Waals surface area contributed by atoms with Gasteiger partial charge in [0.15, 0.2) is 0 Å². The lowest BCUT2D eigenvalue weighted by atomic mass is 9.82. The molecule has 94 valence electrons. The third-order valence-corrected chi connectivity index (χ3v) is 4.12. The predicted molar refractivity (Wildman–Crippen MR) is 70.8 cm³/mol. The van der Waals surface area contributed by atoms with E-state index in [1.807, 2.05) is 18.2 Å². The maximum absolute atomic E-state index is 12.0. The van der Waals surface area contributed by atoms with Crippen LogP contribution in [-0.2, 0) is 9.53 Å². The first-order valence-corrected chi connectivity index (χ1v) is 6.75. The lowest BCUT2D eigenvalue weighted by Gasteiger charge is -2.16. The maximum atomic E-state index is 12.0. The molecule has 0 amide bonds. The number of hydrogen-bond donors (Lipinski definition) is 0. The second kappa shape index (κ2) is 4.27. The monoisotopic (exact) mass is 242 g/mol.